The summed E-state index contributed by atoms with van der Waals surface area (Å²) < 4.78 is 95.1. The summed E-state index contributed by atoms with van der Waals surface area (Å²) in [6.07, 6.45) is 0. The van der Waals surface area contributed by atoms with Gasteiger partial charge in [-0.2, -0.15) is 0 Å². The highest BCUT2D eigenvalue weighted by Gasteiger charge is 2.09. The molecule has 1 heterocycles. The molecule has 0 saturated heterocycles. The van der Waals surface area contributed by atoms with Crippen LogP contribution in [-0.4, -0.2) is 0 Å². The molecule has 4 rings (SSSR count). The standard InChI is InChI=1S/C19H14O/c1-13-6-5-9-17-19(13)16-11-10-15(12-18(16)20-17)14-7-3-2-4-8-14/h2-12H,1H3/i2D,3D,4D,5D,6D,7D,8D,9D,10D,11D,12D. The van der Waals surface area contributed by atoms with Gasteiger partial charge in [-0.1, -0.05) is 48.3 Å². The van der Waals surface area contributed by atoms with Crippen molar-refractivity contribution in [3.05, 3.63) is 72.0 Å². The Balaban J connectivity index is 2.27. The predicted octanol–water partition coefficient (Wildman–Crippen LogP) is 5.56. The van der Waals surface area contributed by atoms with Gasteiger partial charge in [-0.05, 0) is 41.7 Å². The minimum atomic E-state index is -0.631. The number of fused-ring (bicyclic) bond motifs is 3. The zero-order valence-electron chi connectivity index (χ0n) is 21.4. The van der Waals surface area contributed by atoms with Crippen molar-refractivity contribution in [2.45, 2.75) is 6.92 Å². The van der Waals surface area contributed by atoms with E-state index in [9.17, 15) is 0 Å². The molecule has 3 aromatic carbocycles. The number of hydrogen-bond acceptors (Lipinski definition) is 1. The molecule has 0 N–H and O–H groups in total. The molecule has 1 aromatic heterocycles. The highest BCUT2D eigenvalue weighted by molar-refractivity contribution is 6.07. The summed E-state index contributed by atoms with van der Waals surface area (Å²) in [6, 6.07) is -5.53. The minimum absolute atomic E-state index is 0.0145. The van der Waals surface area contributed by atoms with Crippen molar-refractivity contribution in [1.29, 1.82) is 0 Å². The van der Waals surface area contributed by atoms with Crippen LogP contribution in [0.4, 0.5) is 0 Å². The predicted molar refractivity (Wildman–Crippen MR) is 83.9 cm³/mol. The number of rotatable bonds is 1. The molecule has 0 radical (unpaired) electrons. The molecular formula is C19H14O. The fourth-order valence-corrected chi connectivity index (χ4v) is 2.10. The average molecular weight is 269 g/mol. The molecule has 0 aliphatic rings. The number of benzene rings is 3. The minimum Gasteiger partial charge on any atom is -0.456 e. The highest BCUT2D eigenvalue weighted by atomic mass is 16.3. The Morgan fingerprint density at radius 1 is 0.800 bits per heavy atom. The van der Waals surface area contributed by atoms with Crippen LogP contribution >= 0.6 is 0 Å². The Morgan fingerprint density at radius 3 is 2.50 bits per heavy atom. The third-order valence-corrected chi connectivity index (χ3v) is 3.01. The maximum absolute atomic E-state index is 8.60. The van der Waals surface area contributed by atoms with Gasteiger partial charge in [-0.25, -0.2) is 0 Å². The average Bonchev–Trinajstić information content (AvgIpc) is 3.15. The Hall–Kier alpha value is -2.54. The maximum Gasteiger partial charge on any atom is 0.136 e. The summed E-state index contributed by atoms with van der Waals surface area (Å²) >= 11 is 0. The molecule has 0 aliphatic carbocycles. The summed E-state index contributed by atoms with van der Waals surface area (Å²) in [4.78, 5) is 0. The Labute approximate surface area is 132 Å². The number of furan rings is 1. The second-order valence-corrected chi connectivity index (χ2v) is 4.26. The van der Waals surface area contributed by atoms with Crippen molar-refractivity contribution in [3.8, 4) is 11.1 Å². The number of hydrogen-bond donors (Lipinski definition) is 0. The Bertz CT molecular complexity index is 1420. The maximum atomic E-state index is 8.60. The lowest BCUT2D eigenvalue weighted by Gasteiger charge is -2.01. The van der Waals surface area contributed by atoms with E-state index in [0.717, 1.165) is 0 Å². The largest absolute Gasteiger partial charge is 0.456 e. The van der Waals surface area contributed by atoms with Gasteiger partial charge in [0.15, 0.2) is 0 Å². The fraction of sp³-hybridized carbons (Fsp3) is 0.0526. The van der Waals surface area contributed by atoms with Crippen LogP contribution in [0.15, 0.2) is 70.9 Å². The van der Waals surface area contributed by atoms with E-state index in [-0.39, 0.29) is 50.7 Å². The van der Waals surface area contributed by atoms with E-state index < -0.39 is 54.4 Å². The molecule has 0 bridgehead atoms. The van der Waals surface area contributed by atoms with Gasteiger partial charge in [-0.3, -0.25) is 0 Å². The first-order valence-electron chi connectivity index (χ1n) is 11.4. The SMILES string of the molecule is [2H]c1c([2H])c([2H])c(-c2c([2H])c([2H])c3c(oc4c([2H])c([2H])c([2H])c(C)c43)c2[2H])c([2H])c1[2H]. The van der Waals surface area contributed by atoms with Crippen LogP contribution in [0.5, 0.6) is 0 Å². The normalized spacial score (nSPS) is 18.9. The van der Waals surface area contributed by atoms with E-state index in [1.165, 1.54) is 6.92 Å². The van der Waals surface area contributed by atoms with Gasteiger partial charge in [-0.15, -0.1) is 0 Å². The van der Waals surface area contributed by atoms with Crippen molar-refractivity contribution < 1.29 is 19.5 Å². The van der Waals surface area contributed by atoms with Crippen LogP contribution in [0.2, 0.25) is 0 Å². The quantitative estimate of drug-likeness (QED) is 0.441. The van der Waals surface area contributed by atoms with Crippen LogP contribution in [0.3, 0.4) is 0 Å². The van der Waals surface area contributed by atoms with Crippen molar-refractivity contribution in [2.24, 2.45) is 0 Å². The van der Waals surface area contributed by atoms with Gasteiger partial charge in [0, 0.05) is 10.8 Å². The van der Waals surface area contributed by atoms with Gasteiger partial charge < -0.3 is 4.42 Å². The molecular weight excluding hydrogens is 244 g/mol. The first-order valence-corrected chi connectivity index (χ1v) is 5.91. The molecule has 0 unspecified atom stereocenters. The van der Waals surface area contributed by atoms with E-state index in [1.807, 2.05) is 0 Å². The van der Waals surface area contributed by atoms with Crippen molar-refractivity contribution in [1.82, 2.24) is 0 Å². The molecule has 4 aromatic rings. The van der Waals surface area contributed by atoms with E-state index in [1.54, 1.807) is 0 Å². The molecule has 1 heteroatoms. The molecule has 0 amide bonds. The van der Waals surface area contributed by atoms with Crippen LogP contribution in [-0.2, 0) is 0 Å². The molecule has 20 heavy (non-hydrogen) atoms. The van der Waals surface area contributed by atoms with Gasteiger partial charge in [0.2, 0.25) is 0 Å². The second-order valence-electron chi connectivity index (χ2n) is 4.26. The molecule has 1 nitrogen and oxygen atoms in total. The summed E-state index contributed by atoms with van der Waals surface area (Å²) in [7, 11) is 0. The Kier molecular flexibility index (Phi) is 1.01. The molecule has 0 saturated carbocycles. The zero-order valence-corrected chi connectivity index (χ0v) is 10.4. The van der Waals surface area contributed by atoms with Crippen molar-refractivity contribution >= 4 is 21.9 Å². The topological polar surface area (TPSA) is 13.1 Å². The number of aryl methyl sites for hydroxylation is 1. The summed E-state index contributed by atoms with van der Waals surface area (Å²) in [5, 5.41) is 0.196. The van der Waals surface area contributed by atoms with Gasteiger partial charge in [0.05, 0.1) is 15.1 Å². The third-order valence-electron chi connectivity index (χ3n) is 3.01. The van der Waals surface area contributed by atoms with Gasteiger partial charge >= 0.3 is 0 Å². The lowest BCUT2D eigenvalue weighted by atomic mass is 10.0. The zero-order chi connectivity index (χ0) is 23.1. The van der Waals surface area contributed by atoms with Crippen LogP contribution in [0.1, 0.15) is 20.6 Å². The lowest BCUT2D eigenvalue weighted by Crippen LogP contribution is -1.77. The first-order chi connectivity index (χ1) is 14.4. The van der Waals surface area contributed by atoms with E-state index in [4.69, 9.17) is 19.5 Å². The Morgan fingerprint density at radius 2 is 1.65 bits per heavy atom. The van der Waals surface area contributed by atoms with E-state index in [0.29, 0.717) is 0 Å². The molecule has 0 atom stereocenters. The molecule has 0 fully saturated rings. The third kappa shape index (κ3) is 1.64. The summed E-state index contributed by atoms with van der Waals surface area (Å²) in [6.45, 7) is 1.52. The second kappa shape index (κ2) is 4.24. The fourth-order valence-electron chi connectivity index (χ4n) is 2.10. The van der Waals surface area contributed by atoms with Gasteiger partial charge in [0.1, 0.15) is 11.2 Å². The van der Waals surface area contributed by atoms with Crippen LogP contribution in [0, 0.1) is 6.92 Å². The van der Waals surface area contributed by atoms with E-state index >= 15 is 0 Å². The summed E-state index contributed by atoms with van der Waals surface area (Å²) in [5.41, 5.74) is -0.790. The monoisotopic (exact) mass is 269 g/mol. The van der Waals surface area contributed by atoms with Gasteiger partial charge in [0.25, 0.3) is 0 Å². The van der Waals surface area contributed by atoms with Crippen LogP contribution in [0.25, 0.3) is 33.1 Å². The molecule has 0 aliphatic heterocycles. The lowest BCUT2D eigenvalue weighted by molar-refractivity contribution is 0.669. The van der Waals surface area contributed by atoms with Crippen LogP contribution < -0.4 is 0 Å². The van der Waals surface area contributed by atoms with Crippen molar-refractivity contribution in [3.63, 3.8) is 0 Å². The smallest absolute Gasteiger partial charge is 0.136 e. The first kappa shape index (κ1) is 4.78. The summed E-state index contributed by atoms with van der Waals surface area (Å²) in [5.74, 6) is 0. The van der Waals surface area contributed by atoms with Crippen molar-refractivity contribution in [2.75, 3.05) is 0 Å². The molecule has 0 spiro atoms. The molecule has 96 valence electrons. The highest BCUT2D eigenvalue weighted by Crippen LogP contribution is 2.33. The van der Waals surface area contributed by atoms with E-state index in [2.05, 4.69) is 0 Å².